The molecule has 0 aromatic heterocycles. The summed E-state index contributed by atoms with van der Waals surface area (Å²) < 4.78 is 0. The lowest BCUT2D eigenvalue weighted by Gasteiger charge is -2.30. The molecule has 1 aliphatic heterocycles. The van der Waals surface area contributed by atoms with Gasteiger partial charge in [0.2, 0.25) is 0 Å². The predicted octanol–water partition coefficient (Wildman–Crippen LogP) is 1.11. The lowest BCUT2D eigenvalue weighted by atomic mass is 9.79. The summed E-state index contributed by atoms with van der Waals surface area (Å²) in [4.78, 5) is 11.4. The van der Waals surface area contributed by atoms with Crippen LogP contribution in [-0.4, -0.2) is 18.4 Å². The second kappa shape index (κ2) is 2.94. The van der Waals surface area contributed by atoms with E-state index in [4.69, 9.17) is 0 Å². The van der Waals surface area contributed by atoms with E-state index in [0.29, 0.717) is 17.7 Å². The van der Waals surface area contributed by atoms with Gasteiger partial charge in [0.05, 0.1) is 0 Å². The Labute approximate surface area is 67.4 Å². The minimum Gasteiger partial charge on any atom is -0.313 e. The van der Waals surface area contributed by atoms with E-state index < -0.39 is 0 Å². The first-order valence-electron chi connectivity index (χ1n) is 4.62. The third kappa shape index (κ3) is 1.45. The van der Waals surface area contributed by atoms with Crippen LogP contribution in [0.5, 0.6) is 0 Å². The van der Waals surface area contributed by atoms with Crippen molar-refractivity contribution in [1.29, 1.82) is 0 Å². The summed E-state index contributed by atoms with van der Waals surface area (Å²) in [5.41, 5.74) is 0. The number of carbonyl (C=O) groups is 1. The quantitative estimate of drug-likeness (QED) is 0.658. The van der Waals surface area contributed by atoms with Crippen LogP contribution in [0.15, 0.2) is 0 Å². The number of carbonyl (C=O) groups excluding carboxylic acids is 1. The van der Waals surface area contributed by atoms with Crippen molar-refractivity contribution in [2.75, 3.05) is 6.54 Å². The van der Waals surface area contributed by atoms with E-state index in [1.165, 1.54) is 12.8 Å². The van der Waals surface area contributed by atoms with Gasteiger partial charge in [0.1, 0.15) is 5.78 Å². The Balaban J connectivity index is 1.71. The molecular weight excluding hydrogens is 138 g/mol. The second-order valence-corrected chi connectivity index (χ2v) is 3.74. The number of ketones is 1. The minimum atomic E-state index is 0.442. The van der Waals surface area contributed by atoms with E-state index in [9.17, 15) is 4.79 Å². The first-order valence-corrected chi connectivity index (χ1v) is 4.62. The highest BCUT2D eigenvalue weighted by atomic mass is 16.1. The number of rotatable bonds is 3. The standard InChI is InChI=1S/C9H15NO/c11-9(7-2-1-3-7)6-8-4-5-10-8/h7-8,10H,1-6H2. The number of hydrogen-bond donors (Lipinski definition) is 1. The van der Waals surface area contributed by atoms with Crippen LogP contribution in [-0.2, 0) is 4.79 Å². The molecule has 2 nitrogen and oxygen atoms in total. The number of Topliss-reactive ketones (excluding diaryl/α,β-unsaturated/α-hetero) is 1. The smallest absolute Gasteiger partial charge is 0.137 e. The Bertz CT molecular complexity index is 159. The van der Waals surface area contributed by atoms with Crippen molar-refractivity contribution in [1.82, 2.24) is 5.32 Å². The first-order chi connectivity index (χ1) is 5.36. The van der Waals surface area contributed by atoms with Gasteiger partial charge in [0.25, 0.3) is 0 Å². The molecule has 0 aromatic rings. The lowest BCUT2D eigenvalue weighted by molar-refractivity contribution is -0.126. The topological polar surface area (TPSA) is 29.1 Å². The third-order valence-corrected chi connectivity index (χ3v) is 2.93. The van der Waals surface area contributed by atoms with E-state index in [0.717, 1.165) is 25.8 Å². The summed E-state index contributed by atoms with van der Waals surface area (Å²) in [7, 11) is 0. The fourth-order valence-electron chi connectivity index (χ4n) is 1.66. The van der Waals surface area contributed by atoms with Crippen molar-refractivity contribution in [3.63, 3.8) is 0 Å². The van der Waals surface area contributed by atoms with E-state index in [1.807, 2.05) is 0 Å². The summed E-state index contributed by atoms with van der Waals surface area (Å²) in [6.07, 6.45) is 5.59. The number of nitrogens with one attached hydrogen (secondary N) is 1. The van der Waals surface area contributed by atoms with Crippen LogP contribution in [0.1, 0.15) is 32.1 Å². The second-order valence-electron chi connectivity index (χ2n) is 3.74. The monoisotopic (exact) mass is 153 g/mol. The fourth-order valence-corrected chi connectivity index (χ4v) is 1.66. The summed E-state index contributed by atoms with van der Waals surface area (Å²) in [5.74, 6) is 0.950. The van der Waals surface area contributed by atoms with Crippen LogP contribution in [0.25, 0.3) is 0 Å². The van der Waals surface area contributed by atoms with Gasteiger partial charge in [-0.25, -0.2) is 0 Å². The van der Waals surface area contributed by atoms with Gasteiger partial charge in [0, 0.05) is 18.4 Å². The van der Waals surface area contributed by atoms with Gasteiger partial charge in [0.15, 0.2) is 0 Å². The molecule has 0 aromatic carbocycles. The summed E-state index contributed by atoms with van der Waals surface area (Å²) in [5, 5.41) is 3.26. The highest BCUT2D eigenvalue weighted by Gasteiger charge is 2.28. The minimum absolute atomic E-state index is 0.442. The van der Waals surface area contributed by atoms with Crippen molar-refractivity contribution in [2.24, 2.45) is 5.92 Å². The largest absolute Gasteiger partial charge is 0.313 e. The van der Waals surface area contributed by atoms with Gasteiger partial charge in [-0.05, 0) is 25.8 Å². The molecule has 2 fully saturated rings. The van der Waals surface area contributed by atoms with Crippen LogP contribution < -0.4 is 5.32 Å². The molecule has 0 amide bonds. The van der Waals surface area contributed by atoms with Gasteiger partial charge in [-0.2, -0.15) is 0 Å². The third-order valence-electron chi connectivity index (χ3n) is 2.93. The average Bonchev–Trinajstić information content (AvgIpc) is 1.74. The fraction of sp³-hybridized carbons (Fsp3) is 0.889. The van der Waals surface area contributed by atoms with Crippen LogP contribution in [0.3, 0.4) is 0 Å². The summed E-state index contributed by atoms with van der Waals surface area (Å²) in [6.45, 7) is 1.11. The maximum absolute atomic E-state index is 11.4. The molecule has 1 N–H and O–H groups in total. The Hall–Kier alpha value is -0.370. The van der Waals surface area contributed by atoms with Gasteiger partial charge < -0.3 is 5.32 Å². The van der Waals surface area contributed by atoms with Crippen molar-refractivity contribution in [3.05, 3.63) is 0 Å². The van der Waals surface area contributed by atoms with Gasteiger partial charge in [-0.1, -0.05) is 6.42 Å². The van der Waals surface area contributed by atoms with Gasteiger partial charge >= 0.3 is 0 Å². The van der Waals surface area contributed by atoms with Crippen molar-refractivity contribution < 1.29 is 4.79 Å². The summed E-state index contributed by atoms with van der Waals surface area (Å²) >= 11 is 0. The maximum Gasteiger partial charge on any atom is 0.137 e. The molecule has 2 heteroatoms. The zero-order valence-electron chi connectivity index (χ0n) is 6.81. The SMILES string of the molecule is O=C(CC1CCN1)C1CCC1. The molecule has 0 bridgehead atoms. The molecule has 62 valence electrons. The zero-order valence-corrected chi connectivity index (χ0v) is 6.81. The van der Waals surface area contributed by atoms with Crippen LogP contribution in [0, 0.1) is 5.92 Å². The normalized spacial score (nSPS) is 30.7. The molecule has 1 heterocycles. The molecule has 1 saturated heterocycles. The highest BCUT2D eigenvalue weighted by molar-refractivity contribution is 5.82. The molecule has 0 spiro atoms. The molecule has 1 unspecified atom stereocenters. The molecule has 2 rings (SSSR count). The van der Waals surface area contributed by atoms with Crippen molar-refractivity contribution in [3.8, 4) is 0 Å². The molecular formula is C9H15NO. The van der Waals surface area contributed by atoms with Crippen LogP contribution in [0.2, 0.25) is 0 Å². The molecule has 0 radical (unpaired) electrons. The van der Waals surface area contributed by atoms with Crippen molar-refractivity contribution in [2.45, 2.75) is 38.1 Å². The Morgan fingerprint density at radius 1 is 1.36 bits per heavy atom. The Kier molecular flexibility index (Phi) is 1.95. The molecule has 11 heavy (non-hydrogen) atoms. The van der Waals surface area contributed by atoms with Gasteiger partial charge in [-0.3, -0.25) is 4.79 Å². The van der Waals surface area contributed by atoms with E-state index in [-0.39, 0.29) is 0 Å². The van der Waals surface area contributed by atoms with Crippen LogP contribution >= 0.6 is 0 Å². The predicted molar refractivity (Wildman–Crippen MR) is 43.4 cm³/mol. The molecule has 2 aliphatic rings. The lowest BCUT2D eigenvalue weighted by Crippen LogP contribution is -2.45. The Morgan fingerprint density at radius 2 is 2.09 bits per heavy atom. The highest BCUT2D eigenvalue weighted by Crippen LogP contribution is 2.29. The molecule has 1 atom stereocenters. The van der Waals surface area contributed by atoms with Crippen molar-refractivity contribution >= 4 is 5.78 Å². The first kappa shape index (κ1) is 7.29. The summed E-state index contributed by atoms with van der Waals surface area (Å²) in [6, 6.07) is 0.531. The molecule has 1 aliphatic carbocycles. The zero-order chi connectivity index (χ0) is 7.68. The average molecular weight is 153 g/mol. The van der Waals surface area contributed by atoms with E-state index in [1.54, 1.807) is 0 Å². The Morgan fingerprint density at radius 3 is 2.45 bits per heavy atom. The number of hydrogen-bond acceptors (Lipinski definition) is 2. The maximum atomic E-state index is 11.4. The van der Waals surface area contributed by atoms with Crippen LogP contribution in [0.4, 0.5) is 0 Å². The van der Waals surface area contributed by atoms with E-state index >= 15 is 0 Å². The molecule has 1 saturated carbocycles. The van der Waals surface area contributed by atoms with Gasteiger partial charge in [-0.15, -0.1) is 0 Å². The van der Waals surface area contributed by atoms with E-state index in [2.05, 4.69) is 5.32 Å².